The number of benzene rings is 1. The summed E-state index contributed by atoms with van der Waals surface area (Å²) < 4.78 is 13.3. The highest BCUT2D eigenvalue weighted by molar-refractivity contribution is 9.10. The van der Waals surface area contributed by atoms with Gasteiger partial charge in [-0.2, -0.15) is 0 Å². The Balaban J connectivity index is 3.14. The summed E-state index contributed by atoms with van der Waals surface area (Å²) in [6.07, 6.45) is 2.18. The van der Waals surface area contributed by atoms with Crippen LogP contribution in [0.25, 0.3) is 6.08 Å². The maximum atomic E-state index is 12.8. The van der Waals surface area contributed by atoms with E-state index < -0.39 is 11.8 Å². The molecule has 0 unspecified atom stereocenters. The van der Waals surface area contributed by atoms with Crippen molar-refractivity contribution in [2.45, 2.75) is 0 Å². The lowest BCUT2D eigenvalue weighted by Crippen LogP contribution is -1.87. The Morgan fingerprint density at radius 2 is 2.21 bits per heavy atom. The Labute approximate surface area is 93.1 Å². The van der Waals surface area contributed by atoms with E-state index in [1.54, 1.807) is 0 Å². The van der Waals surface area contributed by atoms with Gasteiger partial charge in [-0.15, -0.1) is 0 Å². The van der Waals surface area contributed by atoms with Gasteiger partial charge in [0.2, 0.25) is 0 Å². The summed E-state index contributed by atoms with van der Waals surface area (Å²) in [6, 6.07) is 2.33. The monoisotopic (exact) mass is 278 g/mol. The molecule has 5 heteroatoms. The molecular weight excluding hydrogens is 274 g/mol. The second-order valence-corrected chi connectivity index (χ2v) is 3.66. The Kier molecular flexibility index (Phi) is 3.66. The van der Waals surface area contributed by atoms with Crippen molar-refractivity contribution in [2.24, 2.45) is 0 Å². The highest BCUT2D eigenvalue weighted by atomic mass is 79.9. The number of carboxylic acid groups (broad SMARTS) is 1. The number of carbonyl (C=O) groups is 1. The SMILES string of the molecule is O=C(O)/C=C/c1cc(F)cc(Cl)c1Br. The molecule has 0 aliphatic carbocycles. The summed E-state index contributed by atoms with van der Waals surface area (Å²) >= 11 is 8.79. The van der Waals surface area contributed by atoms with Gasteiger partial charge in [-0.3, -0.25) is 0 Å². The summed E-state index contributed by atoms with van der Waals surface area (Å²) in [7, 11) is 0. The van der Waals surface area contributed by atoms with Gasteiger partial charge >= 0.3 is 5.97 Å². The number of aliphatic carboxylic acids is 1. The van der Waals surface area contributed by atoms with E-state index in [0.29, 0.717) is 10.0 Å². The van der Waals surface area contributed by atoms with Gasteiger partial charge in [-0.25, -0.2) is 9.18 Å². The smallest absolute Gasteiger partial charge is 0.328 e. The molecule has 1 N–H and O–H groups in total. The minimum absolute atomic E-state index is 0.204. The Morgan fingerprint density at radius 3 is 2.79 bits per heavy atom. The minimum atomic E-state index is -1.10. The molecule has 0 fully saturated rings. The van der Waals surface area contributed by atoms with Crippen LogP contribution in [0.2, 0.25) is 5.02 Å². The van der Waals surface area contributed by atoms with E-state index in [2.05, 4.69) is 15.9 Å². The van der Waals surface area contributed by atoms with Crippen LogP contribution in [0.15, 0.2) is 22.7 Å². The van der Waals surface area contributed by atoms with Gasteiger partial charge in [0.25, 0.3) is 0 Å². The maximum absolute atomic E-state index is 12.8. The Bertz CT molecular complexity index is 404. The third-order valence-electron chi connectivity index (χ3n) is 1.43. The van der Waals surface area contributed by atoms with Gasteiger partial charge < -0.3 is 5.11 Å². The van der Waals surface area contributed by atoms with Crippen molar-refractivity contribution in [3.63, 3.8) is 0 Å². The molecule has 14 heavy (non-hydrogen) atoms. The molecule has 0 aromatic heterocycles. The summed E-state index contributed by atoms with van der Waals surface area (Å²) in [4.78, 5) is 10.2. The van der Waals surface area contributed by atoms with E-state index in [1.807, 2.05) is 0 Å². The van der Waals surface area contributed by atoms with Crippen LogP contribution in [0.3, 0.4) is 0 Å². The van der Waals surface area contributed by atoms with Gasteiger partial charge in [0, 0.05) is 10.5 Å². The topological polar surface area (TPSA) is 37.3 Å². The summed E-state index contributed by atoms with van der Waals surface area (Å²) in [6.45, 7) is 0. The van der Waals surface area contributed by atoms with Crippen molar-refractivity contribution in [3.05, 3.63) is 39.1 Å². The molecule has 0 spiro atoms. The zero-order valence-electron chi connectivity index (χ0n) is 6.80. The first-order valence-electron chi connectivity index (χ1n) is 3.56. The average Bonchev–Trinajstić information content (AvgIpc) is 2.08. The quantitative estimate of drug-likeness (QED) is 0.666. The van der Waals surface area contributed by atoms with Crippen molar-refractivity contribution in [2.75, 3.05) is 0 Å². The lowest BCUT2D eigenvalue weighted by atomic mass is 10.2. The molecule has 1 rings (SSSR count). The fourth-order valence-corrected chi connectivity index (χ4v) is 1.43. The average molecular weight is 279 g/mol. The maximum Gasteiger partial charge on any atom is 0.328 e. The van der Waals surface area contributed by atoms with E-state index in [1.165, 1.54) is 12.1 Å². The Hall–Kier alpha value is -0.870. The fraction of sp³-hybridized carbons (Fsp3) is 0. The normalized spacial score (nSPS) is 10.8. The lowest BCUT2D eigenvalue weighted by Gasteiger charge is -2.00. The van der Waals surface area contributed by atoms with E-state index in [9.17, 15) is 9.18 Å². The van der Waals surface area contributed by atoms with Crippen molar-refractivity contribution < 1.29 is 14.3 Å². The van der Waals surface area contributed by atoms with Crippen LogP contribution in [0, 0.1) is 5.82 Å². The molecule has 0 saturated heterocycles. The number of carboxylic acids is 1. The zero-order chi connectivity index (χ0) is 10.7. The predicted octanol–water partition coefficient (Wildman–Crippen LogP) is 3.34. The first-order chi connectivity index (χ1) is 6.50. The predicted molar refractivity (Wildman–Crippen MR) is 55.8 cm³/mol. The molecule has 0 bridgehead atoms. The molecule has 0 radical (unpaired) electrons. The van der Waals surface area contributed by atoms with Crippen molar-refractivity contribution >= 4 is 39.6 Å². The molecule has 2 nitrogen and oxygen atoms in total. The number of hydrogen-bond donors (Lipinski definition) is 1. The fourth-order valence-electron chi connectivity index (χ4n) is 0.858. The summed E-state index contributed by atoms with van der Waals surface area (Å²) in [5.41, 5.74) is 0.386. The molecule has 1 aromatic carbocycles. The minimum Gasteiger partial charge on any atom is -0.478 e. The second kappa shape index (κ2) is 4.57. The molecule has 0 aliphatic rings. The van der Waals surface area contributed by atoms with Gasteiger partial charge in [-0.1, -0.05) is 11.6 Å². The third-order valence-corrected chi connectivity index (χ3v) is 2.84. The van der Waals surface area contributed by atoms with Gasteiger partial charge in [0.05, 0.1) is 5.02 Å². The van der Waals surface area contributed by atoms with Crippen LogP contribution in [-0.4, -0.2) is 11.1 Å². The molecule has 1 aromatic rings. The summed E-state index contributed by atoms with van der Waals surface area (Å²) in [5.74, 6) is -1.61. The van der Waals surface area contributed by atoms with Crippen LogP contribution >= 0.6 is 27.5 Å². The van der Waals surface area contributed by atoms with Gasteiger partial charge in [0.15, 0.2) is 0 Å². The lowest BCUT2D eigenvalue weighted by molar-refractivity contribution is -0.131. The van der Waals surface area contributed by atoms with Crippen LogP contribution < -0.4 is 0 Å². The molecular formula is C9H5BrClFO2. The number of halogens is 3. The number of rotatable bonds is 2. The summed E-state index contributed by atoms with van der Waals surface area (Å²) in [5, 5.41) is 8.58. The molecule has 74 valence electrons. The standard InChI is InChI=1S/C9H5BrClFO2/c10-9-5(1-2-8(13)14)3-6(12)4-7(9)11/h1-4H,(H,13,14)/b2-1+. The highest BCUT2D eigenvalue weighted by Crippen LogP contribution is 2.28. The van der Waals surface area contributed by atoms with E-state index in [4.69, 9.17) is 16.7 Å². The Morgan fingerprint density at radius 1 is 1.57 bits per heavy atom. The molecule has 0 saturated carbocycles. The van der Waals surface area contributed by atoms with Gasteiger partial charge in [-0.05, 0) is 39.7 Å². The van der Waals surface area contributed by atoms with Crippen molar-refractivity contribution in [1.29, 1.82) is 0 Å². The second-order valence-electron chi connectivity index (χ2n) is 2.46. The third kappa shape index (κ3) is 2.82. The van der Waals surface area contributed by atoms with Crippen molar-refractivity contribution in [1.82, 2.24) is 0 Å². The van der Waals surface area contributed by atoms with Crippen LogP contribution in [-0.2, 0) is 4.79 Å². The van der Waals surface area contributed by atoms with Crippen LogP contribution in [0.5, 0.6) is 0 Å². The van der Waals surface area contributed by atoms with Gasteiger partial charge in [0.1, 0.15) is 5.82 Å². The first kappa shape index (κ1) is 11.2. The van der Waals surface area contributed by atoms with E-state index in [0.717, 1.165) is 12.1 Å². The zero-order valence-corrected chi connectivity index (χ0v) is 9.14. The molecule has 0 atom stereocenters. The largest absolute Gasteiger partial charge is 0.478 e. The molecule has 0 heterocycles. The van der Waals surface area contributed by atoms with E-state index >= 15 is 0 Å². The van der Waals surface area contributed by atoms with Crippen molar-refractivity contribution in [3.8, 4) is 0 Å². The van der Waals surface area contributed by atoms with Crippen LogP contribution in [0.1, 0.15) is 5.56 Å². The molecule has 0 amide bonds. The van der Waals surface area contributed by atoms with E-state index in [-0.39, 0.29) is 5.02 Å². The molecule has 0 aliphatic heterocycles. The highest BCUT2D eigenvalue weighted by Gasteiger charge is 2.04. The number of hydrogen-bond acceptors (Lipinski definition) is 1. The van der Waals surface area contributed by atoms with Crippen LogP contribution in [0.4, 0.5) is 4.39 Å². The first-order valence-corrected chi connectivity index (χ1v) is 4.73.